The van der Waals surface area contributed by atoms with E-state index in [4.69, 9.17) is 5.73 Å². The van der Waals surface area contributed by atoms with Gasteiger partial charge in [0.2, 0.25) is 0 Å². The topological polar surface area (TPSA) is 87.4 Å². The molecule has 98 valence electrons. The van der Waals surface area contributed by atoms with Crippen LogP contribution in [0, 0.1) is 0 Å². The Morgan fingerprint density at radius 2 is 2.22 bits per heavy atom. The second-order valence-corrected chi connectivity index (χ2v) is 4.72. The summed E-state index contributed by atoms with van der Waals surface area (Å²) < 4.78 is 0. The Morgan fingerprint density at radius 3 is 2.78 bits per heavy atom. The highest BCUT2D eigenvalue weighted by atomic mass is 16.3. The van der Waals surface area contributed by atoms with Gasteiger partial charge in [-0.1, -0.05) is 0 Å². The summed E-state index contributed by atoms with van der Waals surface area (Å²) in [4.78, 5) is 11.7. The molecule has 1 aliphatic rings. The Balaban J connectivity index is 2.19. The molecule has 0 unspecified atom stereocenters. The van der Waals surface area contributed by atoms with Crippen molar-refractivity contribution < 1.29 is 9.90 Å². The molecule has 0 aromatic heterocycles. The third-order valence-electron chi connectivity index (χ3n) is 3.21. The van der Waals surface area contributed by atoms with Crippen molar-refractivity contribution in [3.05, 3.63) is 23.8 Å². The lowest BCUT2D eigenvalue weighted by atomic mass is 10.1. The van der Waals surface area contributed by atoms with Gasteiger partial charge in [0.25, 0.3) is 5.91 Å². The van der Waals surface area contributed by atoms with Crippen LogP contribution in [-0.4, -0.2) is 29.7 Å². The maximum absolute atomic E-state index is 11.7. The van der Waals surface area contributed by atoms with E-state index in [2.05, 4.69) is 10.6 Å². The molecule has 5 nitrogen and oxygen atoms in total. The lowest BCUT2D eigenvalue weighted by Crippen LogP contribution is -2.27. The van der Waals surface area contributed by atoms with E-state index in [1.54, 1.807) is 18.2 Å². The minimum Gasteiger partial charge on any atom is -0.397 e. The molecule has 5 N–H and O–H groups in total. The molecule has 1 saturated carbocycles. The zero-order valence-electron chi connectivity index (χ0n) is 10.5. The van der Waals surface area contributed by atoms with E-state index in [1.807, 2.05) is 6.92 Å². The number of hydrogen-bond acceptors (Lipinski definition) is 4. The molecule has 0 radical (unpaired) electrons. The fourth-order valence-corrected chi connectivity index (χ4v) is 1.83. The summed E-state index contributed by atoms with van der Waals surface area (Å²) in [7, 11) is 0. The Bertz CT molecular complexity index is 456. The molecule has 18 heavy (non-hydrogen) atoms. The first-order chi connectivity index (χ1) is 8.60. The van der Waals surface area contributed by atoms with Crippen LogP contribution in [0.3, 0.4) is 0 Å². The van der Waals surface area contributed by atoms with Gasteiger partial charge < -0.3 is 21.5 Å². The largest absolute Gasteiger partial charge is 0.397 e. The highest BCUT2D eigenvalue weighted by Crippen LogP contribution is 2.39. The van der Waals surface area contributed by atoms with Crippen LogP contribution < -0.4 is 16.4 Å². The van der Waals surface area contributed by atoms with Gasteiger partial charge in [-0.3, -0.25) is 4.79 Å². The van der Waals surface area contributed by atoms with E-state index in [9.17, 15) is 9.90 Å². The normalized spacial score (nSPS) is 16.1. The predicted octanol–water partition coefficient (Wildman–Crippen LogP) is 0.955. The minimum atomic E-state index is -0.242. The lowest BCUT2D eigenvalue weighted by molar-refractivity contribution is 0.0956. The molecule has 0 saturated heterocycles. The average Bonchev–Trinajstić information content (AvgIpc) is 3.13. The van der Waals surface area contributed by atoms with Crippen molar-refractivity contribution in [2.45, 2.75) is 25.3 Å². The van der Waals surface area contributed by atoms with E-state index in [0.29, 0.717) is 23.5 Å². The van der Waals surface area contributed by atoms with E-state index in [-0.39, 0.29) is 18.1 Å². The first-order valence-electron chi connectivity index (χ1n) is 6.17. The van der Waals surface area contributed by atoms with Crippen LogP contribution in [0.5, 0.6) is 0 Å². The lowest BCUT2D eigenvalue weighted by Gasteiger charge is -2.18. The molecule has 1 aromatic carbocycles. The van der Waals surface area contributed by atoms with Crippen LogP contribution in [0.2, 0.25) is 0 Å². The summed E-state index contributed by atoms with van der Waals surface area (Å²) in [6, 6.07) is 5.14. The number of amides is 1. The first-order valence-corrected chi connectivity index (χ1v) is 6.17. The highest BCUT2D eigenvalue weighted by molar-refractivity contribution is 5.96. The van der Waals surface area contributed by atoms with Gasteiger partial charge in [0.05, 0.1) is 23.5 Å². The zero-order chi connectivity index (χ0) is 13.2. The average molecular weight is 249 g/mol. The molecular formula is C13H19N3O2. The Morgan fingerprint density at radius 1 is 1.50 bits per heavy atom. The van der Waals surface area contributed by atoms with Gasteiger partial charge in [-0.15, -0.1) is 0 Å². The summed E-state index contributed by atoms with van der Waals surface area (Å²) >= 11 is 0. The van der Waals surface area contributed by atoms with E-state index < -0.39 is 0 Å². The molecule has 1 fully saturated rings. The SMILES string of the molecule is CCNC(=O)c1ccc(N)c(NC2(CO)CC2)c1. The first kappa shape index (κ1) is 12.7. The molecule has 5 heteroatoms. The Kier molecular flexibility index (Phi) is 3.43. The maximum Gasteiger partial charge on any atom is 0.251 e. The van der Waals surface area contributed by atoms with Gasteiger partial charge in [-0.25, -0.2) is 0 Å². The molecule has 1 aliphatic carbocycles. The van der Waals surface area contributed by atoms with Gasteiger partial charge in [0.1, 0.15) is 0 Å². The molecule has 1 aromatic rings. The number of aliphatic hydroxyl groups excluding tert-OH is 1. The van der Waals surface area contributed by atoms with Crippen molar-refractivity contribution in [3.63, 3.8) is 0 Å². The molecule has 0 bridgehead atoms. The number of rotatable bonds is 5. The summed E-state index contributed by atoms with van der Waals surface area (Å²) in [6.07, 6.45) is 1.85. The molecule has 0 spiro atoms. The van der Waals surface area contributed by atoms with Gasteiger partial charge in [-0.2, -0.15) is 0 Å². The van der Waals surface area contributed by atoms with E-state index >= 15 is 0 Å². The fourth-order valence-electron chi connectivity index (χ4n) is 1.83. The molecule has 0 atom stereocenters. The highest BCUT2D eigenvalue weighted by Gasteiger charge is 2.42. The van der Waals surface area contributed by atoms with Gasteiger partial charge in [0, 0.05) is 12.1 Å². The number of nitrogens with two attached hydrogens (primary N) is 1. The number of aliphatic hydroxyl groups is 1. The number of hydrogen-bond donors (Lipinski definition) is 4. The maximum atomic E-state index is 11.7. The van der Waals surface area contributed by atoms with Crippen molar-refractivity contribution in [2.24, 2.45) is 0 Å². The van der Waals surface area contributed by atoms with Gasteiger partial charge >= 0.3 is 0 Å². The van der Waals surface area contributed by atoms with Crippen LogP contribution in [0.25, 0.3) is 0 Å². The molecule has 0 aliphatic heterocycles. The number of benzene rings is 1. The summed E-state index contributed by atoms with van der Waals surface area (Å²) in [5.74, 6) is -0.116. The van der Waals surface area contributed by atoms with Crippen molar-refractivity contribution in [1.29, 1.82) is 0 Å². The zero-order valence-corrected chi connectivity index (χ0v) is 10.5. The quantitative estimate of drug-likeness (QED) is 0.585. The van der Waals surface area contributed by atoms with E-state index in [1.165, 1.54) is 0 Å². The van der Waals surface area contributed by atoms with Crippen molar-refractivity contribution in [3.8, 4) is 0 Å². The van der Waals surface area contributed by atoms with Crippen molar-refractivity contribution in [2.75, 3.05) is 24.2 Å². The summed E-state index contributed by atoms with van der Waals surface area (Å²) in [5, 5.41) is 15.3. The van der Waals surface area contributed by atoms with Crippen LogP contribution in [0.1, 0.15) is 30.1 Å². The second kappa shape index (κ2) is 4.86. The summed E-state index contributed by atoms with van der Waals surface area (Å²) in [6.45, 7) is 2.55. The number of nitrogen functional groups attached to an aromatic ring is 1. The number of carbonyl (C=O) groups excluding carboxylic acids is 1. The van der Waals surface area contributed by atoms with Crippen LogP contribution in [0.4, 0.5) is 11.4 Å². The van der Waals surface area contributed by atoms with Crippen LogP contribution in [-0.2, 0) is 0 Å². The Labute approximate surface area is 106 Å². The smallest absolute Gasteiger partial charge is 0.251 e. The van der Waals surface area contributed by atoms with E-state index in [0.717, 1.165) is 12.8 Å². The van der Waals surface area contributed by atoms with Crippen LogP contribution >= 0.6 is 0 Å². The monoisotopic (exact) mass is 249 g/mol. The second-order valence-electron chi connectivity index (χ2n) is 4.72. The van der Waals surface area contributed by atoms with Gasteiger partial charge in [-0.05, 0) is 38.0 Å². The van der Waals surface area contributed by atoms with Crippen LogP contribution in [0.15, 0.2) is 18.2 Å². The van der Waals surface area contributed by atoms with Crippen molar-refractivity contribution >= 4 is 17.3 Å². The van der Waals surface area contributed by atoms with Crippen molar-refractivity contribution in [1.82, 2.24) is 5.32 Å². The third kappa shape index (κ3) is 2.56. The number of anilines is 2. The molecular weight excluding hydrogens is 230 g/mol. The predicted molar refractivity (Wildman–Crippen MR) is 71.5 cm³/mol. The third-order valence-corrected chi connectivity index (χ3v) is 3.21. The van der Waals surface area contributed by atoms with Gasteiger partial charge in [0.15, 0.2) is 0 Å². The minimum absolute atomic E-state index is 0.0812. The fraction of sp³-hybridized carbons (Fsp3) is 0.462. The number of nitrogens with one attached hydrogen (secondary N) is 2. The molecule has 2 rings (SSSR count). The standard InChI is InChI=1S/C13H19N3O2/c1-2-15-12(18)9-3-4-10(14)11(7-9)16-13(8-17)5-6-13/h3-4,7,16-17H,2,5-6,8,14H2,1H3,(H,15,18). The Hall–Kier alpha value is -1.75. The molecule has 0 heterocycles. The summed E-state index contributed by atoms with van der Waals surface area (Å²) in [5.41, 5.74) is 7.51. The molecule has 1 amide bonds. The number of carbonyl (C=O) groups is 1.